The first kappa shape index (κ1) is 26.0. The largest absolute Gasteiger partial charge is 0.494 e. The molecule has 4 aromatic rings. The maximum absolute atomic E-state index is 12.4. The zero-order chi connectivity index (χ0) is 26.0. The number of hydrogen-bond acceptors (Lipinski definition) is 3. The number of unbranched alkanes of at least 4 members (excludes halogenated alkanes) is 1. The van der Waals surface area contributed by atoms with E-state index >= 15 is 0 Å². The van der Waals surface area contributed by atoms with Crippen molar-refractivity contribution in [2.45, 2.75) is 38.5 Å². The summed E-state index contributed by atoms with van der Waals surface area (Å²) in [5.74, 6) is -0.201. The molecule has 0 spiro atoms. The molecule has 0 radical (unpaired) electrons. The maximum atomic E-state index is 12.4. The monoisotopic (exact) mass is 495 g/mol. The molecular formula is C32H33NO4. The molecule has 0 bridgehead atoms. The Morgan fingerprint density at radius 2 is 1.57 bits per heavy atom. The third-order valence-corrected chi connectivity index (χ3v) is 6.49. The summed E-state index contributed by atoms with van der Waals surface area (Å²) in [5.41, 5.74) is 4.07. The lowest BCUT2D eigenvalue weighted by Gasteiger charge is -2.20. The molecule has 0 aliphatic rings. The summed E-state index contributed by atoms with van der Waals surface area (Å²) in [4.78, 5) is 23.1. The fraction of sp³-hybridized carbons (Fsp3) is 0.250. The summed E-state index contributed by atoms with van der Waals surface area (Å²) in [6.07, 6.45) is 2.88. The fourth-order valence-corrected chi connectivity index (χ4v) is 4.41. The number of amides is 1. The van der Waals surface area contributed by atoms with Crippen LogP contribution in [0.2, 0.25) is 0 Å². The number of benzene rings is 4. The summed E-state index contributed by atoms with van der Waals surface area (Å²) in [6.45, 7) is 2.99. The third kappa shape index (κ3) is 7.20. The van der Waals surface area contributed by atoms with Gasteiger partial charge in [-0.05, 0) is 64.6 Å². The summed E-state index contributed by atoms with van der Waals surface area (Å²) >= 11 is 0. The molecule has 190 valence electrons. The van der Waals surface area contributed by atoms with Crippen LogP contribution >= 0.6 is 0 Å². The van der Waals surface area contributed by atoms with E-state index in [0.717, 1.165) is 48.0 Å². The molecule has 0 aliphatic heterocycles. The van der Waals surface area contributed by atoms with Crippen LogP contribution in [0, 0.1) is 0 Å². The van der Waals surface area contributed by atoms with Gasteiger partial charge in [-0.1, -0.05) is 80.1 Å². The van der Waals surface area contributed by atoms with Crippen LogP contribution in [0.15, 0.2) is 91.0 Å². The smallest absolute Gasteiger partial charge is 0.305 e. The zero-order valence-electron chi connectivity index (χ0n) is 21.2. The van der Waals surface area contributed by atoms with Crippen molar-refractivity contribution in [3.05, 3.63) is 113 Å². The molecule has 0 fully saturated rings. The van der Waals surface area contributed by atoms with Gasteiger partial charge in [0.25, 0.3) is 5.91 Å². The molecule has 4 aromatic carbocycles. The molecule has 2 N–H and O–H groups in total. The van der Waals surface area contributed by atoms with Crippen LogP contribution in [-0.2, 0) is 11.2 Å². The highest BCUT2D eigenvalue weighted by Gasteiger charge is 2.17. The van der Waals surface area contributed by atoms with Crippen LogP contribution in [0.1, 0.15) is 59.2 Å². The van der Waals surface area contributed by atoms with Gasteiger partial charge in [-0.2, -0.15) is 0 Å². The van der Waals surface area contributed by atoms with Crippen molar-refractivity contribution in [2.24, 2.45) is 0 Å². The Hall–Kier alpha value is -4.12. The maximum Gasteiger partial charge on any atom is 0.305 e. The predicted molar refractivity (Wildman–Crippen MR) is 147 cm³/mol. The Morgan fingerprint density at radius 1 is 0.865 bits per heavy atom. The van der Waals surface area contributed by atoms with Gasteiger partial charge in [0, 0.05) is 18.0 Å². The van der Waals surface area contributed by atoms with Gasteiger partial charge < -0.3 is 15.2 Å². The number of fused-ring (bicyclic) bond motifs is 1. The van der Waals surface area contributed by atoms with E-state index in [-0.39, 0.29) is 24.8 Å². The molecule has 37 heavy (non-hydrogen) atoms. The van der Waals surface area contributed by atoms with E-state index in [4.69, 9.17) is 9.84 Å². The molecule has 0 saturated carbocycles. The molecule has 5 nitrogen and oxygen atoms in total. The second-order valence-corrected chi connectivity index (χ2v) is 9.23. The van der Waals surface area contributed by atoms with Crippen molar-refractivity contribution >= 4 is 22.6 Å². The molecule has 5 heteroatoms. The summed E-state index contributed by atoms with van der Waals surface area (Å²) in [6, 6.07) is 30.8. The van der Waals surface area contributed by atoms with Gasteiger partial charge in [-0.3, -0.25) is 9.59 Å². The molecule has 1 unspecified atom stereocenters. The van der Waals surface area contributed by atoms with Crippen LogP contribution in [0.3, 0.4) is 0 Å². The third-order valence-electron chi connectivity index (χ3n) is 6.49. The van der Waals surface area contributed by atoms with Gasteiger partial charge in [0.15, 0.2) is 0 Å². The Morgan fingerprint density at radius 3 is 2.30 bits per heavy atom. The molecule has 1 atom stereocenters. The lowest BCUT2D eigenvalue weighted by molar-refractivity contribution is -0.136. The van der Waals surface area contributed by atoms with E-state index in [1.54, 1.807) is 0 Å². The zero-order valence-corrected chi connectivity index (χ0v) is 21.2. The van der Waals surface area contributed by atoms with Gasteiger partial charge >= 0.3 is 5.97 Å². The number of rotatable bonds is 12. The number of ether oxygens (including phenoxy) is 1. The second-order valence-electron chi connectivity index (χ2n) is 9.23. The minimum atomic E-state index is -0.935. The number of nitrogens with one attached hydrogen (secondary N) is 1. The average Bonchev–Trinajstić information content (AvgIpc) is 2.92. The van der Waals surface area contributed by atoms with Crippen LogP contribution in [0.25, 0.3) is 10.8 Å². The van der Waals surface area contributed by atoms with Crippen molar-refractivity contribution in [1.82, 2.24) is 5.32 Å². The number of carbonyl (C=O) groups is 2. The predicted octanol–water partition coefficient (Wildman–Crippen LogP) is 6.60. The quantitative estimate of drug-likeness (QED) is 0.217. The summed E-state index contributed by atoms with van der Waals surface area (Å²) in [5, 5.41) is 13.8. The van der Waals surface area contributed by atoms with E-state index in [1.807, 2.05) is 36.4 Å². The minimum absolute atomic E-state index is 0.0999. The number of carboxylic acid groups (broad SMARTS) is 1. The highest BCUT2D eigenvalue weighted by molar-refractivity contribution is 5.94. The van der Waals surface area contributed by atoms with E-state index in [9.17, 15) is 9.59 Å². The van der Waals surface area contributed by atoms with Crippen molar-refractivity contribution in [2.75, 3.05) is 13.2 Å². The molecular weight excluding hydrogens is 462 g/mol. The average molecular weight is 496 g/mol. The van der Waals surface area contributed by atoms with E-state index in [1.165, 1.54) is 11.1 Å². The molecule has 1 amide bonds. The fourth-order valence-electron chi connectivity index (χ4n) is 4.41. The lowest BCUT2D eigenvalue weighted by atomic mass is 9.85. The molecule has 0 heterocycles. The Bertz CT molecular complexity index is 1330. The lowest BCUT2D eigenvalue weighted by Crippen LogP contribution is -2.25. The van der Waals surface area contributed by atoms with Gasteiger partial charge in [0.05, 0.1) is 13.0 Å². The first-order valence-electron chi connectivity index (χ1n) is 12.8. The van der Waals surface area contributed by atoms with Crippen molar-refractivity contribution in [3.8, 4) is 5.75 Å². The van der Waals surface area contributed by atoms with Crippen LogP contribution in [0.4, 0.5) is 0 Å². The van der Waals surface area contributed by atoms with Crippen LogP contribution in [-0.4, -0.2) is 30.1 Å². The Labute approximate surface area is 218 Å². The highest BCUT2D eigenvalue weighted by Crippen LogP contribution is 2.32. The Kier molecular flexibility index (Phi) is 8.93. The van der Waals surface area contributed by atoms with Crippen LogP contribution in [0.5, 0.6) is 5.75 Å². The first-order valence-corrected chi connectivity index (χ1v) is 12.8. The Balaban J connectivity index is 1.59. The topological polar surface area (TPSA) is 75.6 Å². The standard InChI is InChI=1S/C32H33NO4/c1-2-3-19-37-29-16-15-26-21-28(14-13-27(26)22-29)30(20-23-7-5-4-6-8-23)24-9-11-25(12-10-24)32(36)33-18-17-31(34)35/h4-16,21-22,30H,2-3,17-20H2,1H3,(H,33,36)(H,34,35). The molecule has 4 rings (SSSR count). The van der Waals surface area contributed by atoms with Crippen LogP contribution < -0.4 is 10.1 Å². The molecule has 0 aromatic heterocycles. The molecule has 0 aliphatic carbocycles. The molecule has 0 saturated heterocycles. The van der Waals surface area contributed by atoms with Gasteiger partial charge in [-0.25, -0.2) is 0 Å². The minimum Gasteiger partial charge on any atom is -0.494 e. The van der Waals surface area contributed by atoms with Crippen molar-refractivity contribution < 1.29 is 19.4 Å². The number of carboxylic acids is 1. The second kappa shape index (κ2) is 12.7. The first-order chi connectivity index (χ1) is 18.0. The summed E-state index contributed by atoms with van der Waals surface area (Å²) in [7, 11) is 0. The highest BCUT2D eigenvalue weighted by atomic mass is 16.5. The summed E-state index contributed by atoms with van der Waals surface area (Å²) < 4.78 is 5.89. The van der Waals surface area contributed by atoms with Crippen molar-refractivity contribution in [1.29, 1.82) is 0 Å². The number of carbonyl (C=O) groups excluding carboxylic acids is 1. The number of hydrogen-bond donors (Lipinski definition) is 2. The van der Waals surface area contributed by atoms with Gasteiger partial charge in [0.1, 0.15) is 5.75 Å². The van der Waals surface area contributed by atoms with Crippen molar-refractivity contribution in [3.63, 3.8) is 0 Å². The van der Waals surface area contributed by atoms with Gasteiger partial charge in [-0.15, -0.1) is 0 Å². The van der Waals surface area contributed by atoms with E-state index < -0.39 is 5.97 Å². The van der Waals surface area contributed by atoms with E-state index in [0.29, 0.717) is 5.56 Å². The van der Waals surface area contributed by atoms with E-state index in [2.05, 4.69) is 66.8 Å². The SMILES string of the molecule is CCCCOc1ccc2cc(C(Cc3ccccc3)c3ccc(C(=O)NCCC(=O)O)cc3)ccc2c1. The van der Waals surface area contributed by atoms with Gasteiger partial charge in [0.2, 0.25) is 0 Å². The number of aliphatic carboxylic acids is 1. The normalized spacial score (nSPS) is 11.7.